The van der Waals surface area contributed by atoms with Crippen molar-refractivity contribution in [3.8, 4) is 66.8 Å². The van der Waals surface area contributed by atoms with Crippen LogP contribution in [-0.4, -0.2) is 0 Å². The Morgan fingerprint density at radius 3 is 0.644 bits per heavy atom. The summed E-state index contributed by atoms with van der Waals surface area (Å²) in [7, 11) is 0. The largest absolute Gasteiger partial charge is 0.0616 e. The third kappa shape index (κ3) is 6.67. The molecule has 7 rings (SSSR count). The fraction of sp³-hybridized carbons (Fsp3) is 0. The smallest absolute Gasteiger partial charge is 0.0130 e. The summed E-state index contributed by atoms with van der Waals surface area (Å²) < 4.78 is 3.70. The Morgan fingerprint density at radius 1 is 0.222 bits per heavy atom. The third-order valence-corrected chi connectivity index (χ3v) is 10.3. The Hall–Kier alpha value is -3.27. The van der Waals surface area contributed by atoms with Crippen molar-refractivity contribution < 1.29 is 0 Å². The van der Waals surface area contributed by atoms with Crippen LogP contribution in [0.3, 0.4) is 0 Å². The van der Waals surface area contributed by atoms with E-state index < -0.39 is 0 Å². The fourth-order valence-electron chi connectivity index (χ4n) is 5.94. The number of hydrogen-bond donors (Lipinski definition) is 0. The SMILES string of the molecule is Ic1ccc(-c2ccccc2-c2cc(-c3ccccc3-c3ccc(I)cc3)cc(-c3ccccc3-c3ccc(I)cc3)c2)cc1. The van der Waals surface area contributed by atoms with Gasteiger partial charge in [0.2, 0.25) is 0 Å². The van der Waals surface area contributed by atoms with Crippen molar-refractivity contribution in [2.75, 3.05) is 0 Å². The number of benzene rings is 7. The summed E-state index contributed by atoms with van der Waals surface area (Å²) >= 11 is 7.13. The Balaban J connectivity index is 1.48. The minimum absolute atomic E-state index is 1.20. The molecule has 0 N–H and O–H groups in total. The second-order valence-corrected chi connectivity index (χ2v) is 14.7. The molecule has 0 aliphatic heterocycles. The average Bonchev–Trinajstić information content (AvgIpc) is 3.09. The predicted molar refractivity (Wildman–Crippen MR) is 217 cm³/mol. The van der Waals surface area contributed by atoms with Crippen molar-refractivity contribution in [3.63, 3.8) is 0 Å². The first-order chi connectivity index (χ1) is 22.0. The molecule has 3 heteroatoms. The maximum Gasteiger partial charge on any atom is 0.0130 e. The van der Waals surface area contributed by atoms with Gasteiger partial charge in [-0.3, -0.25) is 0 Å². The number of hydrogen-bond acceptors (Lipinski definition) is 0. The van der Waals surface area contributed by atoms with E-state index in [4.69, 9.17) is 0 Å². The molecule has 0 amide bonds. The molecule has 0 aliphatic carbocycles. The molecule has 0 aromatic heterocycles. The molecular formula is C42H27I3. The van der Waals surface area contributed by atoms with E-state index in [1.165, 1.54) is 77.5 Å². The van der Waals surface area contributed by atoms with Crippen molar-refractivity contribution in [2.45, 2.75) is 0 Å². The summed E-state index contributed by atoms with van der Waals surface area (Å²) in [6.07, 6.45) is 0. The molecule has 7 aromatic carbocycles. The molecular weight excluding hydrogens is 885 g/mol. The van der Waals surface area contributed by atoms with Gasteiger partial charge in [-0.1, -0.05) is 109 Å². The molecule has 0 unspecified atom stereocenters. The standard InChI is InChI=1S/C42H27I3/c43-34-19-13-28(14-20-34)37-7-1-4-10-40(37)31-25-32(41-11-5-2-8-38(41)29-15-21-35(44)22-16-29)27-33(26-31)42-12-6-3-9-39(42)30-17-23-36(45)24-18-30/h1-27H. The monoisotopic (exact) mass is 912 g/mol. The van der Waals surface area contributed by atoms with E-state index in [2.05, 4.69) is 232 Å². The molecule has 45 heavy (non-hydrogen) atoms. The van der Waals surface area contributed by atoms with E-state index in [0.717, 1.165) is 0 Å². The summed E-state index contributed by atoms with van der Waals surface area (Å²) in [5.41, 5.74) is 14.6. The highest BCUT2D eigenvalue weighted by Crippen LogP contribution is 2.42. The van der Waals surface area contributed by atoms with Gasteiger partial charge in [-0.05, 0) is 189 Å². The number of rotatable bonds is 6. The van der Waals surface area contributed by atoms with Crippen molar-refractivity contribution >= 4 is 67.8 Å². The summed E-state index contributed by atoms with van der Waals surface area (Å²) in [5, 5.41) is 0. The molecule has 0 aliphatic rings. The van der Waals surface area contributed by atoms with Crippen molar-refractivity contribution in [2.24, 2.45) is 0 Å². The summed E-state index contributed by atoms with van der Waals surface area (Å²) in [4.78, 5) is 0. The molecule has 7 aromatic rings. The molecule has 0 saturated heterocycles. The van der Waals surface area contributed by atoms with Gasteiger partial charge in [-0.25, -0.2) is 0 Å². The quantitative estimate of drug-likeness (QED) is 0.146. The van der Waals surface area contributed by atoms with Crippen LogP contribution < -0.4 is 0 Å². The molecule has 0 spiro atoms. The highest BCUT2D eigenvalue weighted by molar-refractivity contribution is 14.1. The second kappa shape index (κ2) is 13.6. The van der Waals surface area contributed by atoms with Gasteiger partial charge in [-0.15, -0.1) is 0 Å². The van der Waals surface area contributed by atoms with Crippen LogP contribution in [0.5, 0.6) is 0 Å². The number of halogens is 3. The van der Waals surface area contributed by atoms with Crippen LogP contribution in [0.25, 0.3) is 66.8 Å². The summed E-state index contributed by atoms with van der Waals surface area (Å²) in [6.45, 7) is 0. The van der Waals surface area contributed by atoms with Gasteiger partial charge in [0.25, 0.3) is 0 Å². The molecule has 0 bridgehead atoms. The molecule has 0 atom stereocenters. The lowest BCUT2D eigenvalue weighted by Gasteiger charge is -2.18. The van der Waals surface area contributed by atoms with E-state index >= 15 is 0 Å². The van der Waals surface area contributed by atoms with E-state index in [0.29, 0.717) is 0 Å². The lowest BCUT2D eigenvalue weighted by Crippen LogP contribution is -1.92. The Morgan fingerprint density at radius 2 is 0.422 bits per heavy atom. The zero-order chi connectivity index (χ0) is 30.8. The van der Waals surface area contributed by atoms with Gasteiger partial charge in [0, 0.05) is 10.7 Å². The highest BCUT2D eigenvalue weighted by Gasteiger charge is 2.16. The van der Waals surface area contributed by atoms with Gasteiger partial charge < -0.3 is 0 Å². The third-order valence-electron chi connectivity index (χ3n) is 8.11. The lowest BCUT2D eigenvalue weighted by atomic mass is 9.86. The molecule has 0 radical (unpaired) electrons. The van der Waals surface area contributed by atoms with Crippen LogP contribution in [0, 0.1) is 10.7 Å². The Kier molecular flexibility index (Phi) is 9.19. The first kappa shape index (κ1) is 30.4. The van der Waals surface area contributed by atoms with Gasteiger partial charge >= 0.3 is 0 Å². The highest BCUT2D eigenvalue weighted by atomic mass is 127. The van der Waals surface area contributed by atoms with Gasteiger partial charge in [0.15, 0.2) is 0 Å². The summed E-state index contributed by atoms with van der Waals surface area (Å²) in [5.74, 6) is 0. The predicted octanol–water partition coefficient (Wildman–Crippen LogP) is 13.5. The average molecular weight is 912 g/mol. The van der Waals surface area contributed by atoms with Gasteiger partial charge in [-0.2, -0.15) is 0 Å². The first-order valence-electron chi connectivity index (χ1n) is 14.7. The topological polar surface area (TPSA) is 0 Å². The van der Waals surface area contributed by atoms with Crippen LogP contribution >= 0.6 is 67.8 Å². The first-order valence-corrected chi connectivity index (χ1v) is 18.0. The summed E-state index contributed by atoms with van der Waals surface area (Å²) in [6, 6.07) is 59.9. The van der Waals surface area contributed by atoms with Crippen molar-refractivity contribution in [3.05, 3.63) is 175 Å². The second-order valence-electron chi connectivity index (χ2n) is 11.0. The van der Waals surface area contributed by atoms with Crippen LogP contribution in [-0.2, 0) is 0 Å². The molecule has 0 fully saturated rings. The maximum absolute atomic E-state index is 2.38. The lowest BCUT2D eigenvalue weighted by molar-refractivity contribution is 1.53. The molecule has 0 nitrogen and oxygen atoms in total. The van der Waals surface area contributed by atoms with Crippen molar-refractivity contribution in [1.82, 2.24) is 0 Å². The Bertz CT molecular complexity index is 1850. The van der Waals surface area contributed by atoms with Gasteiger partial charge in [0.1, 0.15) is 0 Å². The van der Waals surface area contributed by atoms with Crippen molar-refractivity contribution in [1.29, 1.82) is 0 Å². The van der Waals surface area contributed by atoms with Crippen LogP contribution in [0.15, 0.2) is 164 Å². The minimum Gasteiger partial charge on any atom is -0.0616 e. The van der Waals surface area contributed by atoms with Crippen LogP contribution in [0.2, 0.25) is 0 Å². The molecule has 0 saturated carbocycles. The maximum atomic E-state index is 2.38. The zero-order valence-electron chi connectivity index (χ0n) is 24.2. The van der Waals surface area contributed by atoms with Crippen LogP contribution in [0.1, 0.15) is 0 Å². The van der Waals surface area contributed by atoms with E-state index in [1.54, 1.807) is 0 Å². The van der Waals surface area contributed by atoms with Gasteiger partial charge in [0.05, 0.1) is 0 Å². The normalized spacial score (nSPS) is 11.0. The van der Waals surface area contributed by atoms with E-state index in [9.17, 15) is 0 Å². The molecule has 0 heterocycles. The van der Waals surface area contributed by atoms with E-state index in [1.807, 2.05) is 0 Å². The fourth-order valence-corrected chi connectivity index (χ4v) is 7.02. The molecule has 216 valence electrons. The van der Waals surface area contributed by atoms with E-state index in [-0.39, 0.29) is 0 Å². The Labute approximate surface area is 306 Å². The zero-order valence-corrected chi connectivity index (χ0v) is 30.7. The minimum atomic E-state index is 1.20. The van der Waals surface area contributed by atoms with Crippen LogP contribution in [0.4, 0.5) is 0 Å².